The van der Waals surface area contributed by atoms with Gasteiger partial charge in [-0.2, -0.15) is 0 Å². The fraction of sp³-hybridized carbons (Fsp3) is 0.0345. The minimum atomic E-state index is 0.0130. The molecule has 0 heterocycles. The van der Waals surface area contributed by atoms with Gasteiger partial charge in [-0.1, -0.05) is 121 Å². The van der Waals surface area contributed by atoms with Crippen LogP contribution in [0.15, 0.2) is 121 Å². The van der Waals surface area contributed by atoms with Crippen LogP contribution in [0, 0.1) is 0 Å². The van der Waals surface area contributed by atoms with Crippen molar-refractivity contribution in [2.45, 2.75) is 5.92 Å². The summed E-state index contributed by atoms with van der Waals surface area (Å²) in [7, 11) is 0. The highest BCUT2D eigenvalue weighted by Crippen LogP contribution is 2.45. The van der Waals surface area contributed by atoms with Crippen LogP contribution in [0.25, 0.3) is 22.3 Å². The van der Waals surface area contributed by atoms with E-state index in [9.17, 15) is 5.11 Å². The Labute approximate surface area is 177 Å². The summed E-state index contributed by atoms with van der Waals surface area (Å²) >= 11 is 0. The lowest BCUT2D eigenvalue weighted by Gasteiger charge is -2.13. The molecule has 1 aliphatic carbocycles. The van der Waals surface area contributed by atoms with Gasteiger partial charge in [-0.25, -0.2) is 0 Å². The Kier molecular flexibility index (Phi) is 4.78. The number of rotatable bonds is 4. The minimum Gasteiger partial charge on any atom is -0.507 e. The van der Waals surface area contributed by atoms with E-state index in [0.717, 1.165) is 16.7 Å². The second kappa shape index (κ2) is 7.88. The quantitative estimate of drug-likeness (QED) is 0.389. The van der Waals surface area contributed by atoms with Crippen molar-refractivity contribution in [3.8, 4) is 16.9 Å². The van der Waals surface area contributed by atoms with Crippen molar-refractivity contribution in [1.82, 2.24) is 0 Å². The zero-order chi connectivity index (χ0) is 20.3. The molecule has 0 saturated carbocycles. The van der Waals surface area contributed by atoms with Crippen LogP contribution in [0.2, 0.25) is 0 Å². The zero-order valence-electron chi connectivity index (χ0n) is 16.6. The fourth-order valence-corrected chi connectivity index (χ4v) is 4.19. The van der Waals surface area contributed by atoms with Crippen LogP contribution >= 0.6 is 0 Å². The molecule has 1 aliphatic rings. The van der Waals surface area contributed by atoms with E-state index >= 15 is 0 Å². The third-order valence-corrected chi connectivity index (χ3v) is 5.66. The summed E-state index contributed by atoms with van der Waals surface area (Å²) in [5, 5.41) is 11.2. The number of benzene rings is 4. The van der Waals surface area contributed by atoms with Crippen LogP contribution in [0.4, 0.5) is 0 Å². The molecule has 1 nitrogen and oxygen atoms in total. The average molecular weight is 386 g/mol. The maximum atomic E-state index is 11.2. The first kappa shape index (κ1) is 18.2. The Hall–Kier alpha value is -3.84. The monoisotopic (exact) mass is 386 g/mol. The number of hydrogen-bond acceptors (Lipinski definition) is 1. The highest BCUT2D eigenvalue weighted by Gasteiger charge is 2.24. The van der Waals surface area contributed by atoms with E-state index in [1.807, 2.05) is 60.7 Å². The Morgan fingerprint density at radius 3 is 1.43 bits per heavy atom. The molecule has 0 atom stereocenters. The topological polar surface area (TPSA) is 20.2 Å². The van der Waals surface area contributed by atoms with Gasteiger partial charge in [-0.15, -0.1) is 0 Å². The van der Waals surface area contributed by atoms with Gasteiger partial charge in [0.15, 0.2) is 0 Å². The molecule has 4 aromatic carbocycles. The first-order valence-electron chi connectivity index (χ1n) is 10.2. The first-order valence-corrected chi connectivity index (χ1v) is 10.2. The van der Waals surface area contributed by atoms with Crippen molar-refractivity contribution in [2.24, 2.45) is 0 Å². The summed E-state index contributed by atoms with van der Waals surface area (Å²) in [6, 6.07) is 37.0. The number of phenolic OH excluding ortho intramolecular Hbond substituents is 1. The number of phenols is 1. The summed E-state index contributed by atoms with van der Waals surface area (Å²) in [5.74, 6) is 0.363. The smallest absolute Gasteiger partial charge is 0.127 e. The van der Waals surface area contributed by atoms with E-state index in [1.165, 1.54) is 22.3 Å². The number of para-hydroxylation sites is 1. The van der Waals surface area contributed by atoms with Crippen molar-refractivity contribution in [3.63, 3.8) is 0 Å². The number of allylic oxidation sites excluding steroid dienone is 4. The average Bonchev–Trinajstić information content (AvgIpc) is 3.26. The predicted molar refractivity (Wildman–Crippen MR) is 125 cm³/mol. The summed E-state index contributed by atoms with van der Waals surface area (Å²) in [6.45, 7) is 0. The van der Waals surface area contributed by atoms with Gasteiger partial charge in [-0.3, -0.25) is 0 Å². The molecule has 0 saturated heterocycles. The summed E-state index contributed by atoms with van der Waals surface area (Å²) < 4.78 is 0. The molecule has 144 valence electrons. The van der Waals surface area contributed by atoms with Gasteiger partial charge >= 0.3 is 0 Å². The van der Waals surface area contributed by atoms with Gasteiger partial charge in [0.2, 0.25) is 0 Å². The van der Waals surface area contributed by atoms with E-state index in [0.29, 0.717) is 5.75 Å². The van der Waals surface area contributed by atoms with Crippen LogP contribution in [-0.2, 0) is 0 Å². The minimum absolute atomic E-state index is 0.0130. The van der Waals surface area contributed by atoms with Gasteiger partial charge in [0, 0.05) is 17.0 Å². The molecule has 0 bridgehead atoms. The Bertz CT molecular complexity index is 1160. The molecule has 0 radical (unpaired) electrons. The molecular weight excluding hydrogens is 364 g/mol. The van der Waals surface area contributed by atoms with Gasteiger partial charge < -0.3 is 5.11 Å². The van der Waals surface area contributed by atoms with Crippen LogP contribution in [0.3, 0.4) is 0 Å². The molecule has 0 unspecified atom stereocenters. The van der Waals surface area contributed by atoms with E-state index in [1.54, 1.807) is 0 Å². The van der Waals surface area contributed by atoms with Crippen molar-refractivity contribution >= 4 is 11.1 Å². The lowest BCUT2D eigenvalue weighted by molar-refractivity contribution is 0.470. The van der Waals surface area contributed by atoms with Crippen molar-refractivity contribution in [1.29, 1.82) is 0 Å². The number of hydrogen-bond donors (Lipinski definition) is 1. The van der Waals surface area contributed by atoms with Gasteiger partial charge in [0.25, 0.3) is 0 Å². The normalized spacial score (nSPS) is 13.7. The fourth-order valence-electron chi connectivity index (χ4n) is 4.19. The first-order chi connectivity index (χ1) is 14.8. The predicted octanol–water partition coefficient (Wildman–Crippen LogP) is 7.32. The van der Waals surface area contributed by atoms with E-state index in [-0.39, 0.29) is 5.92 Å². The van der Waals surface area contributed by atoms with Gasteiger partial charge in [0.1, 0.15) is 5.75 Å². The highest BCUT2D eigenvalue weighted by molar-refractivity contribution is 6.08. The Morgan fingerprint density at radius 2 is 0.933 bits per heavy atom. The van der Waals surface area contributed by atoms with Crippen molar-refractivity contribution in [3.05, 3.63) is 138 Å². The molecule has 0 aromatic heterocycles. The molecule has 0 fully saturated rings. The largest absolute Gasteiger partial charge is 0.507 e. The lowest BCUT2D eigenvalue weighted by atomic mass is 9.94. The van der Waals surface area contributed by atoms with Crippen molar-refractivity contribution in [2.75, 3.05) is 0 Å². The molecular formula is C29H22O. The van der Waals surface area contributed by atoms with Gasteiger partial charge in [0.05, 0.1) is 0 Å². The maximum absolute atomic E-state index is 11.2. The van der Waals surface area contributed by atoms with Gasteiger partial charge in [-0.05, 0) is 27.8 Å². The molecule has 0 aliphatic heterocycles. The van der Waals surface area contributed by atoms with Crippen LogP contribution in [0.1, 0.15) is 22.6 Å². The third kappa shape index (κ3) is 3.35. The molecule has 5 rings (SSSR count). The molecule has 0 amide bonds. The summed E-state index contributed by atoms with van der Waals surface area (Å²) in [4.78, 5) is 0. The molecule has 0 spiro atoms. The molecule has 4 aromatic rings. The zero-order valence-corrected chi connectivity index (χ0v) is 16.6. The summed E-state index contributed by atoms with van der Waals surface area (Å²) in [5.41, 5.74) is 7.60. The Morgan fingerprint density at radius 1 is 0.467 bits per heavy atom. The molecule has 1 heteroatoms. The second-order valence-electron chi connectivity index (χ2n) is 7.53. The maximum Gasteiger partial charge on any atom is 0.127 e. The van der Waals surface area contributed by atoms with Crippen LogP contribution < -0.4 is 0 Å². The lowest BCUT2D eigenvalue weighted by Crippen LogP contribution is -1.92. The van der Waals surface area contributed by atoms with E-state index < -0.39 is 0 Å². The second-order valence-corrected chi connectivity index (χ2v) is 7.53. The third-order valence-electron chi connectivity index (χ3n) is 5.66. The molecule has 30 heavy (non-hydrogen) atoms. The number of aromatic hydroxyl groups is 1. The SMILES string of the molecule is Oc1c(-c2ccccc2)cccc1C1C=C(c2ccccc2)C(c2ccccc2)=C1. The highest BCUT2D eigenvalue weighted by atomic mass is 16.3. The van der Waals surface area contributed by atoms with Crippen molar-refractivity contribution < 1.29 is 5.11 Å². The summed E-state index contributed by atoms with van der Waals surface area (Å²) in [6.07, 6.45) is 4.53. The van der Waals surface area contributed by atoms with Crippen LogP contribution in [-0.4, -0.2) is 5.11 Å². The Balaban J connectivity index is 1.63. The van der Waals surface area contributed by atoms with E-state index in [2.05, 4.69) is 60.7 Å². The van der Waals surface area contributed by atoms with Crippen LogP contribution in [0.5, 0.6) is 5.75 Å². The van der Waals surface area contributed by atoms with E-state index in [4.69, 9.17) is 0 Å². The standard InChI is InChI=1S/C29H22O/c30-29-25(21-11-4-1-5-12-21)17-10-18-26(29)24-19-27(22-13-6-2-7-14-22)28(20-24)23-15-8-3-9-16-23/h1-20,24,30H. The molecule has 1 N–H and O–H groups in total.